The predicted molar refractivity (Wildman–Crippen MR) is 32.0 cm³/mol. The number of hydrogen-bond acceptors (Lipinski definition) is 5. The molecule has 0 spiro atoms. The molecule has 0 atom stereocenters. The molecule has 0 aliphatic carbocycles. The van der Waals surface area contributed by atoms with E-state index >= 15 is 0 Å². The normalized spacial score (nSPS) is 9.00. The van der Waals surface area contributed by atoms with E-state index in [-0.39, 0.29) is 0 Å². The maximum absolute atomic E-state index is 9.68. The monoisotopic (exact) mass is 129 g/mol. The summed E-state index contributed by atoms with van der Waals surface area (Å²) in [4.78, 5) is 13.3. The minimum atomic E-state index is 0.322. The highest BCUT2D eigenvalue weighted by Crippen LogP contribution is 2.22. The molecule has 1 aromatic heterocycles. The van der Waals surface area contributed by atoms with Crippen LogP contribution in [0, 0.1) is 4.91 Å². The molecule has 5 heteroatoms. The van der Waals surface area contributed by atoms with Gasteiger partial charge in [0.05, 0.1) is 6.20 Å². The van der Waals surface area contributed by atoms with Crippen molar-refractivity contribution in [3.05, 3.63) is 11.1 Å². The van der Waals surface area contributed by atoms with Crippen molar-refractivity contribution in [2.75, 3.05) is 5.73 Å². The Hall–Kier alpha value is -0.970. The molecule has 0 amide bonds. The van der Waals surface area contributed by atoms with Gasteiger partial charge in [0, 0.05) is 0 Å². The van der Waals surface area contributed by atoms with Gasteiger partial charge in [-0.05, 0) is 5.18 Å². The van der Waals surface area contributed by atoms with E-state index in [2.05, 4.69) is 10.2 Å². The molecule has 42 valence electrons. The van der Waals surface area contributed by atoms with Crippen molar-refractivity contribution >= 4 is 21.5 Å². The fourth-order valence-electron chi connectivity index (χ4n) is 0.321. The first-order valence-corrected chi connectivity index (χ1v) is 2.69. The molecule has 1 rings (SSSR count). The molecule has 0 aromatic carbocycles. The van der Waals surface area contributed by atoms with Crippen molar-refractivity contribution in [2.24, 2.45) is 5.18 Å². The van der Waals surface area contributed by atoms with Crippen LogP contribution in [-0.2, 0) is 0 Å². The van der Waals surface area contributed by atoms with Gasteiger partial charge in [0.2, 0.25) is 0 Å². The van der Waals surface area contributed by atoms with Gasteiger partial charge in [-0.15, -0.1) is 4.91 Å². The smallest absolute Gasteiger partial charge is 0.182 e. The van der Waals surface area contributed by atoms with Crippen LogP contribution in [0.5, 0.6) is 0 Å². The number of rotatable bonds is 1. The third-order valence-electron chi connectivity index (χ3n) is 0.601. The molecule has 0 fully saturated rings. The summed E-state index contributed by atoms with van der Waals surface area (Å²) in [5.74, 6) is 0. The SMILES string of the molecule is Nc1ncc(N=O)s1. The number of aromatic nitrogens is 1. The van der Waals surface area contributed by atoms with Gasteiger partial charge in [-0.3, -0.25) is 0 Å². The third-order valence-corrected chi connectivity index (χ3v) is 1.30. The molecular weight excluding hydrogens is 126 g/mol. The van der Waals surface area contributed by atoms with Crippen LogP contribution in [0.4, 0.5) is 10.1 Å². The molecule has 4 nitrogen and oxygen atoms in total. The van der Waals surface area contributed by atoms with Crippen molar-refractivity contribution in [1.29, 1.82) is 0 Å². The van der Waals surface area contributed by atoms with E-state index in [0.717, 1.165) is 11.3 Å². The summed E-state index contributed by atoms with van der Waals surface area (Å²) in [6, 6.07) is 0. The fourth-order valence-corrected chi connectivity index (χ4v) is 0.783. The predicted octanol–water partition coefficient (Wildman–Crippen LogP) is 1.12. The summed E-state index contributed by atoms with van der Waals surface area (Å²) in [6.07, 6.45) is 1.34. The maximum atomic E-state index is 9.68. The molecule has 0 radical (unpaired) electrons. The molecule has 0 aliphatic rings. The second-order valence-electron chi connectivity index (χ2n) is 1.13. The van der Waals surface area contributed by atoms with Crippen LogP contribution < -0.4 is 5.73 Å². The number of thiazole rings is 1. The molecule has 8 heavy (non-hydrogen) atoms. The summed E-state index contributed by atoms with van der Waals surface area (Å²) in [5.41, 5.74) is 5.16. The highest BCUT2D eigenvalue weighted by molar-refractivity contribution is 7.18. The van der Waals surface area contributed by atoms with Gasteiger partial charge >= 0.3 is 0 Å². The van der Waals surface area contributed by atoms with Crippen molar-refractivity contribution in [3.8, 4) is 0 Å². The lowest BCUT2D eigenvalue weighted by Crippen LogP contribution is -1.77. The second-order valence-corrected chi connectivity index (χ2v) is 2.17. The summed E-state index contributed by atoms with van der Waals surface area (Å²) < 4.78 is 0. The second kappa shape index (κ2) is 1.87. The number of anilines is 1. The first-order chi connectivity index (χ1) is 3.83. The van der Waals surface area contributed by atoms with E-state index in [1.165, 1.54) is 6.20 Å². The van der Waals surface area contributed by atoms with Gasteiger partial charge in [-0.25, -0.2) is 4.98 Å². The highest BCUT2D eigenvalue weighted by Gasteiger charge is 1.93. The topological polar surface area (TPSA) is 68.3 Å². The average Bonchev–Trinajstić information content (AvgIpc) is 2.14. The minimum absolute atomic E-state index is 0.322. The van der Waals surface area contributed by atoms with Crippen LogP contribution in [-0.4, -0.2) is 4.98 Å². The zero-order chi connectivity index (χ0) is 5.98. The highest BCUT2D eigenvalue weighted by atomic mass is 32.1. The number of nitrogens with zero attached hydrogens (tertiary/aromatic N) is 2. The lowest BCUT2D eigenvalue weighted by atomic mass is 10.9. The van der Waals surface area contributed by atoms with Crippen molar-refractivity contribution < 1.29 is 0 Å². The fraction of sp³-hybridized carbons (Fsp3) is 0. The lowest BCUT2D eigenvalue weighted by Gasteiger charge is -1.69. The van der Waals surface area contributed by atoms with Gasteiger partial charge in [0.15, 0.2) is 10.1 Å². The quantitative estimate of drug-likeness (QED) is 0.578. The molecule has 0 unspecified atom stereocenters. The number of hydrogen-bond donors (Lipinski definition) is 1. The molecule has 0 saturated carbocycles. The van der Waals surface area contributed by atoms with E-state index in [1.807, 2.05) is 0 Å². The molecule has 0 saturated heterocycles. The largest absolute Gasteiger partial charge is 0.375 e. The van der Waals surface area contributed by atoms with E-state index in [0.29, 0.717) is 10.1 Å². The molecular formula is C3H3N3OS. The molecule has 0 aliphatic heterocycles. The molecule has 0 bridgehead atoms. The molecule has 1 aromatic rings. The number of nitroso groups, excluding NO2 is 1. The minimum Gasteiger partial charge on any atom is -0.375 e. The van der Waals surface area contributed by atoms with E-state index in [9.17, 15) is 4.91 Å². The first kappa shape index (κ1) is 5.17. The Balaban J connectivity index is 3.00. The van der Waals surface area contributed by atoms with Crippen LogP contribution in [0.3, 0.4) is 0 Å². The summed E-state index contributed by atoms with van der Waals surface area (Å²) in [6.45, 7) is 0. The van der Waals surface area contributed by atoms with Crippen molar-refractivity contribution in [1.82, 2.24) is 4.98 Å². The van der Waals surface area contributed by atoms with E-state index < -0.39 is 0 Å². The van der Waals surface area contributed by atoms with Gasteiger partial charge in [0.25, 0.3) is 0 Å². The summed E-state index contributed by atoms with van der Waals surface area (Å²) in [5, 5.41) is 3.31. The third kappa shape index (κ3) is 0.812. The van der Waals surface area contributed by atoms with Crippen LogP contribution in [0.1, 0.15) is 0 Å². The van der Waals surface area contributed by atoms with Crippen LogP contribution >= 0.6 is 11.3 Å². The van der Waals surface area contributed by atoms with Crippen LogP contribution in [0.2, 0.25) is 0 Å². The Bertz CT molecular complexity index is 196. The Labute approximate surface area is 49.3 Å². The van der Waals surface area contributed by atoms with Crippen molar-refractivity contribution in [3.63, 3.8) is 0 Å². The first-order valence-electron chi connectivity index (χ1n) is 1.87. The summed E-state index contributed by atoms with van der Waals surface area (Å²) in [7, 11) is 0. The Morgan fingerprint density at radius 1 is 1.88 bits per heavy atom. The van der Waals surface area contributed by atoms with Crippen molar-refractivity contribution in [2.45, 2.75) is 0 Å². The summed E-state index contributed by atoms with van der Waals surface area (Å²) >= 11 is 1.08. The Kier molecular flexibility index (Phi) is 1.21. The van der Waals surface area contributed by atoms with Crippen LogP contribution in [0.15, 0.2) is 11.4 Å². The van der Waals surface area contributed by atoms with E-state index in [1.54, 1.807) is 0 Å². The van der Waals surface area contributed by atoms with E-state index in [4.69, 9.17) is 5.73 Å². The lowest BCUT2D eigenvalue weighted by molar-refractivity contribution is 1.40. The van der Waals surface area contributed by atoms with Gasteiger partial charge in [0.1, 0.15) is 0 Å². The zero-order valence-corrected chi connectivity index (χ0v) is 4.68. The van der Waals surface area contributed by atoms with Gasteiger partial charge < -0.3 is 5.73 Å². The average molecular weight is 129 g/mol. The molecule has 1 heterocycles. The Morgan fingerprint density at radius 2 is 2.62 bits per heavy atom. The number of nitrogen functional groups attached to an aromatic ring is 1. The Morgan fingerprint density at radius 3 is 2.88 bits per heavy atom. The van der Waals surface area contributed by atoms with Gasteiger partial charge in [-0.1, -0.05) is 11.3 Å². The number of nitrogens with two attached hydrogens (primary N) is 1. The maximum Gasteiger partial charge on any atom is 0.182 e. The standard InChI is InChI=1S/C3H3N3OS/c4-3-5-1-2(6-7)8-3/h1H,(H2,4,5). The van der Waals surface area contributed by atoms with Gasteiger partial charge in [-0.2, -0.15) is 0 Å². The zero-order valence-electron chi connectivity index (χ0n) is 3.87. The van der Waals surface area contributed by atoms with Crippen LogP contribution in [0.25, 0.3) is 0 Å². The molecule has 2 N–H and O–H groups in total.